The molecule has 4 atom stereocenters. The largest absolute Gasteiger partial charge is 0.381 e. The smallest absolute Gasteiger partial charge is 0.0645 e. The Morgan fingerprint density at radius 3 is 0.720 bits per heavy atom. The third-order valence-electron chi connectivity index (χ3n) is 16.8. The quantitative estimate of drug-likeness (QED) is 0.252. The van der Waals surface area contributed by atoms with Gasteiger partial charge in [0, 0.05) is 32.3 Å². The van der Waals surface area contributed by atoms with E-state index in [2.05, 4.69) is 177 Å². The van der Waals surface area contributed by atoms with Crippen LogP contribution in [0, 0.1) is 78.8 Å². The second kappa shape index (κ2) is 39.2. The van der Waals surface area contributed by atoms with Crippen LogP contribution in [0.4, 0.5) is 0 Å². The molecule has 6 heteroatoms. The minimum atomic E-state index is 0. The van der Waals surface area contributed by atoms with E-state index in [9.17, 15) is 0 Å². The van der Waals surface area contributed by atoms with E-state index in [0.29, 0.717) is 55.5 Å². The average Bonchev–Trinajstić information content (AvgIpc) is 3.89. The first-order valence-corrected chi connectivity index (χ1v) is 28.6. The van der Waals surface area contributed by atoms with Gasteiger partial charge in [0.15, 0.2) is 0 Å². The number of nitrogens with one attached hydrogen (secondary N) is 2. The molecule has 2 saturated carbocycles. The van der Waals surface area contributed by atoms with Crippen molar-refractivity contribution in [2.75, 3.05) is 65.8 Å². The van der Waals surface area contributed by atoms with Crippen LogP contribution in [0.1, 0.15) is 295 Å². The van der Waals surface area contributed by atoms with Gasteiger partial charge in [-0.2, -0.15) is 0 Å². The zero-order valence-electron chi connectivity index (χ0n) is 50.8. The van der Waals surface area contributed by atoms with Crippen LogP contribution < -0.4 is 10.6 Å². The maximum absolute atomic E-state index is 5.52. The van der Waals surface area contributed by atoms with Crippen molar-refractivity contribution in [3.8, 4) is 0 Å². The minimum absolute atomic E-state index is 0. The van der Waals surface area contributed by atoms with Crippen LogP contribution >= 0.6 is 0 Å². The molecule has 6 saturated heterocycles. The normalized spacial score (nSPS) is 23.7. The summed E-state index contributed by atoms with van der Waals surface area (Å²) in [4.78, 5) is 0. The summed E-state index contributed by atoms with van der Waals surface area (Å²) < 4.78 is 21.2. The fraction of sp³-hybridized carbons (Fsp3) is 1.00. The maximum Gasteiger partial charge on any atom is 0.0645 e. The van der Waals surface area contributed by atoms with E-state index < -0.39 is 0 Å². The molecule has 6 aliphatic heterocycles. The predicted octanol–water partition coefficient (Wildman–Crippen LogP) is 21.2. The van der Waals surface area contributed by atoms with Gasteiger partial charge in [0.2, 0.25) is 0 Å². The van der Waals surface area contributed by atoms with Crippen LogP contribution in [0.5, 0.6) is 0 Å². The Morgan fingerprint density at radius 1 is 0.267 bits per heavy atom. The number of hydrogen-bond donors (Lipinski definition) is 2. The molecular weight excluding hydrogens is 921 g/mol. The molecule has 6 nitrogen and oxygen atoms in total. The summed E-state index contributed by atoms with van der Waals surface area (Å²) in [6, 6.07) is 0. The molecule has 2 N–H and O–H groups in total. The monoisotopic (exact) mass is 1080 g/mol. The van der Waals surface area contributed by atoms with Gasteiger partial charge < -0.3 is 29.6 Å². The van der Waals surface area contributed by atoms with Crippen molar-refractivity contribution in [1.82, 2.24) is 10.6 Å². The average molecular weight is 1080 g/mol. The Morgan fingerprint density at radius 2 is 0.613 bits per heavy atom. The highest BCUT2D eigenvalue weighted by molar-refractivity contribution is 4.85. The molecule has 0 amide bonds. The van der Waals surface area contributed by atoms with Crippen LogP contribution in [0.25, 0.3) is 0 Å². The Balaban J connectivity index is -0.000000139. The Bertz CT molecular complexity index is 1050. The van der Waals surface area contributed by atoms with Gasteiger partial charge in [-0.15, -0.1) is 0 Å². The molecular formula is C69H154N2O4. The molecule has 0 aromatic rings. The molecule has 6 heterocycles. The van der Waals surface area contributed by atoms with E-state index in [1.807, 2.05) is 0 Å². The van der Waals surface area contributed by atoms with Crippen LogP contribution in [0.15, 0.2) is 0 Å². The summed E-state index contributed by atoms with van der Waals surface area (Å²) in [7, 11) is 0. The number of ether oxygens (including phenoxy) is 4. The van der Waals surface area contributed by atoms with E-state index in [0.717, 1.165) is 75.1 Å². The first-order valence-electron chi connectivity index (χ1n) is 28.6. The van der Waals surface area contributed by atoms with Crippen molar-refractivity contribution in [3.05, 3.63) is 0 Å². The lowest BCUT2D eigenvalue weighted by Gasteiger charge is -2.38. The highest BCUT2D eigenvalue weighted by Gasteiger charge is 2.34. The van der Waals surface area contributed by atoms with Gasteiger partial charge in [-0.1, -0.05) is 237 Å². The van der Waals surface area contributed by atoms with E-state index in [1.165, 1.54) is 103 Å². The molecule has 0 bridgehead atoms. The SMILES string of the molecule is C.C.C.C.C.C.C.CC(C)(C)C1CCC1.CC(C)(C)C1CCCC1.CC(C)(C)C1CCCO1.CC(C)(C)C1CCNC1.CC(C)(C)C1CCO1.CC(C)(C)C1CCOC1.CC(C)(C)C1CNC1.CC(C)(C)C1COC1. The first kappa shape index (κ1) is 88.6. The molecule has 464 valence electrons. The van der Waals surface area contributed by atoms with Crippen LogP contribution in [-0.2, 0) is 18.9 Å². The predicted molar refractivity (Wildman–Crippen MR) is 346 cm³/mol. The molecule has 8 aliphatic rings. The lowest BCUT2D eigenvalue weighted by Crippen LogP contribution is -2.48. The molecule has 8 fully saturated rings. The minimum Gasteiger partial charge on any atom is -0.381 e. The summed E-state index contributed by atoms with van der Waals surface area (Å²) in [6.07, 6.45) is 17.7. The van der Waals surface area contributed by atoms with Gasteiger partial charge in [-0.25, -0.2) is 0 Å². The number of hydrogen-bond acceptors (Lipinski definition) is 6. The molecule has 8 rings (SSSR count). The lowest BCUT2D eigenvalue weighted by atomic mass is 9.69. The zero-order chi connectivity index (χ0) is 52.4. The molecule has 0 spiro atoms. The van der Waals surface area contributed by atoms with E-state index in [4.69, 9.17) is 18.9 Å². The molecule has 75 heavy (non-hydrogen) atoms. The van der Waals surface area contributed by atoms with Crippen molar-refractivity contribution in [1.29, 1.82) is 0 Å². The fourth-order valence-electron chi connectivity index (χ4n) is 9.49. The van der Waals surface area contributed by atoms with Crippen LogP contribution in [0.3, 0.4) is 0 Å². The third kappa shape index (κ3) is 38.2. The summed E-state index contributed by atoms with van der Waals surface area (Å²) in [5.74, 6) is 5.46. The van der Waals surface area contributed by atoms with E-state index in [-0.39, 0.29) is 52.0 Å². The van der Waals surface area contributed by atoms with Gasteiger partial charge in [0.1, 0.15) is 0 Å². The second-order valence-electron chi connectivity index (χ2n) is 31.0. The summed E-state index contributed by atoms with van der Waals surface area (Å²) in [6.45, 7) is 65.8. The topological polar surface area (TPSA) is 61.0 Å². The summed E-state index contributed by atoms with van der Waals surface area (Å²) >= 11 is 0. The van der Waals surface area contributed by atoms with Crippen molar-refractivity contribution >= 4 is 0 Å². The lowest BCUT2D eigenvalue weighted by molar-refractivity contribution is -0.109. The molecule has 0 aromatic heterocycles. The Hall–Kier alpha value is -0.240. The van der Waals surface area contributed by atoms with Gasteiger partial charge in [-0.05, 0) is 157 Å². The fourth-order valence-corrected chi connectivity index (χ4v) is 9.49. The van der Waals surface area contributed by atoms with Crippen molar-refractivity contribution < 1.29 is 18.9 Å². The highest BCUT2D eigenvalue weighted by Crippen LogP contribution is 2.41. The maximum atomic E-state index is 5.52. The van der Waals surface area contributed by atoms with Crippen LogP contribution in [0.2, 0.25) is 0 Å². The summed E-state index contributed by atoms with van der Waals surface area (Å²) in [5, 5.41) is 6.65. The third-order valence-corrected chi connectivity index (χ3v) is 16.8. The van der Waals surface area contributed by atoms with Gasteiger partial charge >= 0.3 is 0 Å². The van der Waals surface area contributed by atoms with E-state index >= 15 is 0 Å². The van der Waals surface area contributed by atoms with Gasteiger partial charge in [-0.3, -0.25) is 0 Å². The Kier molecular flexibility index (Phi) is 46.3. The van der Waals surface area contributed by atoms with Crippen molar-refractivity contribution in [3.63, 3.8) is 0 Å². The summed E-state index contributed by atoms with van der Waals surface area (Å²) in [5.41, 5.74) is 3.88. The molecule has 2 aliphatic carbocycles. The number of rotatable bonds is 0. The van der Waals surface area contributed by atoms with Crippen LogP contribution in [-0.4, -0.2) is 78.0 Å². The van der Waals surface area contributed by atoms with Gasteiger partial charge in [0.25, 0.3) is 0 Å². The Labute approximate surface area is 479 Å². The zero-order valence-corrected chi connectivity index (χ0v) is 50.8. The second-order valence-corrected chi connectivity index (χ2v) is 31.0. The van der Waals surface area contributed by atoms with E-state index in [1.54, 1.807) is 0 Å². The molecule has 4 unspecified atom stereocenters. The molecule has 0 radical (unpaired) electrons. The first-order chi connectivity index (χ1) is 30.8. The van der Waals surface area contributed by atoms with Gasteiger partial charge in [0.05, 0.1) is 25.4 Å². The molecule has 0 aromatic carbocycles. The van der Waals surface area contributed by atoms with Crippen molar-refractivity contribution in [2.45, 2.75) is 307 Å². The standard InChI is InChI=1S/C9H18.C8H17N.2C8H16O.C8H16.C7H15N.2C7H14O.7CH4/c1-9(2,3)8-6-4-5-7-8;2*1-8(2,3)7-4-5-9-6-7;1-8(2,3)7-5-4-6-9-7;1-8(2,3)7-5-4-6-7;2*1-7(2,3)6-4-8-5-6;1-7(2,3)6-4-5-8-6;;;;;;;/h8H,4-7H2,1-3H3;7,9H,4-6H2,1-3H3;2*7H,4-6H2,1-3H3;7H,4-6H2,1-3H3;6,8H,4-5H2,1-3H3;2*6H,4-5H2,1-3H3;7*1H4. The highest BCUT2D eigenvalue weighted by atomic mass is 16.5. The van der Waals surface area contributed by atoms with Crippen molar-refractivity contribution in [2.24, 2.45) is 78.8 Å².